The summed E-state index contributed by atoms with van der Waals surface area (Å²) < 4.78 is 8.11. The molecule has 0 spiro atoms. The molecule has 0 saturated heterocycles. The van der Waals surface area contributed by atoms with Crippen LogP contribution in [0.5, 0.6) is 5.75 Å². The molecule has 0 unspecified atom stereocenters. The quantitative estimate of drug-likeness (QED) is 0.188. The van der Waals surface area contributed by atoms with Crippen LogP contribution in [0, 0.1) is 0 Å². The number of fused-ring (bicyclic) bond motifs is 3. The molecule has 0 fully saturated rings. The fraction of sp³-hybridized carbons (Fsp3) is 0.269. The highest BCUT2D eigenvalue weighted by atomic mass is 32.1. The fourth-order valence-corrected chi connectivity index (χ4v) is 5.78. The maximum atomic E-state index is 9.69. The second kappa shape index (κ2) is 8.82. The molecule has 0 aliphatic heterocycles. The normalized spacial score (nSPS) is 12.6. The van der Waals surface area contributed by atoms with Gasteiger partial charge in [-0.1, -0.05) is 37.8 Å². The van der Waals surface area contributed by atoms with E-state index in [1.54, 1.807) is 12.1 Å². The molecule has 2 heterocycles. The number of hydrogen-bond donors (Lipinski definition) is 2. The van der Waals surface area contributed by atoms with E-state index in [0.717, 1.165) is 41.7 Å². The highest BCUT2D eigenvalue weighted by Gasteiger charge is 2.29. The second-order valence-electron chi connectivity index (χ2n) is 9.71. The smallest absolute Gasteiger partial charge is 0.140 e. The van der Waals surface area contributed by atoms with Crippen LogP contribution in [-0.2, 0) is 17.9 Å². The van der Waals surface area contributed by atoms with E-state index in [9.17, 15) is 5.11 Å². The maximum Gasteiger partial charge on any atom is 0.140 e. The lowest BCUT2D eigenvalue weighted by atomic mass is 10.1. The zero-order valence-electron chi connectivity index (χ0n) is 19.3. The van der Waals surface area contributed by atoms with Gasteiger partial charge in [-0.2, -0.15) is 5.10 Å². The molecule has 0 atom stereocenters. The van der Waals surface area contributed by atoms with Crippen LogP contribution < -0.4 is 5.32 Å². The molecule has 0 bridgehead atoms. The first kappa shape index (κ1) is 21.9. The molecule has 1 aliphatic rings. The molecule has 33 heavy (non-hydrogen) atoms. The zero-order valence-corrected chi connectivity index (χ0v) is 21.1. The van der Waals surface area contributed by atoms with Crippen LogP contribution in [0.4, 0.5) is 11.4 Å². The average molecular weight is 476 g/mol. The third-order valence-corrected chi connectivity index (χ3v) is 8.52. The van der Waals surface area contributed by atoms with E-state index in [1.165, 1.54) is 21.7 Å². The lowest BCUT2D eigenvalue weighted by Gasteiger charge is -2.15. The maximum absolute atomic E-state index is 9.69. The number of hydrogen-bond acceptors (Lipinski definition) is 5. The predicted molar refractivity (Wildman–Crippen MR) is 139 cm³/mol. The minimum Gasteiger partial charge on any atom is -0.508 e. The van der Waals surface area contributed by atoms with Crippen molar-refractivity contribution < 1.29 is 9.84 Å². The molecule has 5 rings (SSSR count). The summed E-state index contributed by atoms with van der Waals surface area (Å²) >= 11 is 1.82. The Hall–Kier alpha value is -2.87. The van der Waals surface area contributed by atoms with Crippen LogP contribution in [0.25, 0.3) is 22.5 Å². The summed E-state index contributed by atoms with van der Waals surface area (Å²) in [6.45, 7) is 8.38. The Morgan fingerprint density at radius 2 is 1.91 bits per heavy atom. The average Bonchev–Trinajstić information content (AvgIpc) is 3.43. The van der Waals surface area contributed by atoms with Gasteiger partial charge in [-0.25, -0.2) is 4.68 Å². The molecule has 0 amide bonds. The Morgan fingerprint density at radius 3 is 2.67 bits per heavy atom. The standard InChI is InChI=1S/C26H29N3O2SSi/c1-33(2,3)14-12-31-17-29-26-22-11-13-32-24(22)16-23(26)25(28-29)18-7-9-19(10-8-18)27-20-5-4-6-21(30)15-20/h4-11,13,15,27,30H,12,14,16-17H2,1-3H3. The molecular weight excluding hydrogens is 446 g/mol. The molecular formula is C26H29N3O2SSi. The van der Waals surface area contributed by atoms with Gasteiger partial charge in [0.1, 0.15) is 12.5 Å². The Labute approximate surface area is 199 Å². The van der Waals surface area contributed by atoms with E-state index < -0.39 is 8.07 Å². The predicted octanol–water partition coefficient (Wildman–Crippen LogP) is 6.94. The van der Waals surface area contributed by atoms with E-state index in [-0.39, 0.29) is 5.75 Å². The molecule has 0 saturated carbocycles. The molecule has 1 aliphatic carbocycles. The first-order valence-corrected chi connectivity index (χ1v) is 15.9. The number of thiophene rings is 1. The molecule has 7 heteroatoms. The third-order valence-electron chi connectivity index (χ3n) is 5.89. The number of anilines is 2. The van der Waals surface area contributed by atoms with Gasteiger partial charge in [0, 0.05) is 60.1 Å². The molecule has 0 radical (unpaired) electrons. The number of phenolic OH excluding ortho intramolecular Hbond substituents is 1. The van der Waals surface area contributed by atoms with Crippen molar-refractivity contribution in [1.29, 1.82) is 0 Å². The summed E-state index contributed by atoms with van der Waals surface area (Å²) in [6, 6.07) is 18.8. The minimum atomic E-state index is -1.12. The summed E-state index contributed by atoms with van der Waals surface area (Å²) in [4.78, 5) is 1.40. The zero-order chi connectivity index (χ0) is 23.0. The molecule has 5 nitrogen and oxygen atoms in total. The van der Waals surface area contributed by atoms with Gasteiger partial charge < -0.3 is 15.2 Å². The van der Waals surface area contributed by atoms with E-state index in [1.807, 2.05) is 28.2 Å². The first-order valence-electron chi connectivity index (χ1n) is 11.3. The SMILES string of the molecule is C[Si](C)(C)CCOCn1nc(-c2ccc(Nc3cccc(O)c3)cc2)c2c1-c1ccsc1C2. The Morgan fingerprint density at radius 1 is 1.09 bits per heavy atom. The number of benzene rings is 2. The topological polar surface area (TPSA) is 59.3 Å². The van der Waals surface area contributed by atoms with Gasteiger partial charge in [-0.05, 0) is 41.8 Å². The van der Waals surface area contributed by atoms with Gasteiger partial charge in [0.15, 0.2) is 0 Å². The van der Waals surface area contributed by atoms with Gasteiger partial charge in [0.25, 0.3) is 0 Å². The van der Waals surface area contributed by atoms with Crippen molar-refractivity contribution in [2.75, 3.05) is 11.9 Å². The summed E-state index contributed by atoms with van der Waals surface area (Å²) in [5.74, 6) is 0.247. The second-order valence-corrected chi connectivity index (χ2v) is 16.3. The number of ether oxygens (including phenoxy) is 1. The number of rotatable bonds is 8. The third kappa shape index (κ3) is 4.76. The fourth-order valence-electron chi connectivity index (χ4n) is 4.13. The lowest BCUT2D eigenvalue weighted by Crippen LogP contribution is -2.22. The van der Waals surface area contributed by atoms with Crippen molar-refractivity contribution in [3.63, 3.8) is 0 Å². The van der Waals surface area contributed by atoms with Crippen molar-refractivity contribution in [3.8, 4) is 28.3 Å². The highest BCUT2D eigenvalue weighted by Crippen LogP contribution is 2.44. The van der Waals surface area contributed by atoms with Crippen molar-refractivity contribution in [2.45, 2.75) is 38.8 Å². The highest BCUT2D eigenvalue weighted by molar-refractivity contribution is 7.10. The van der Waals surface area contributed by atoms with Crippen molar-refractivity contribution in [1.82, 2.24) is 9.78 Å². The van der Waals surface area contributed by atoms with Gasteiger partial charge >= 0.3 is 0 Å². The number of aromatic hydroxyl groups is 1. The molecule has 2 aromatic carbocycles. The minimum absolute atomic E-state index is 0.247. The molecule has 170 valence electrons. The Bertz CT molecular complexity index is 1270. The van der Waals surface area contributed by atoms with Gasteiger partial charge in [-0.3, -0.25) is 0 Å². The summed E-state index contributed by atoms with van der Waals surface area (Å²) in [5.41, 5.74) is 7.75. The monoisotopic (exact) mass is 475 g/mol. The van der Waals surface area contributed by atoms with Crippen molar-refractivity contribution in [2.24, 2.45) is 0 Å². The summed E-state index contributed by atoms with van der Waals surface area (Å²) in [6.07, 6.45) is 0.926. The molecule has 2 aromatic heterocycles. The van der Waals surface area contributed by atoms with E-state index >= 15 is 0 Å². The van der Waals surface area contributed by atoms with E-state index in [0.29, 0.717) is 6.73 Å². The number of phenols is 1. The van der Waals surface area contributed by atoms with Crippen LogP contribution >= 0.6 is 11.3 Å². The van der Waals surface area contributed by atoms with Crippen molar-refractivity contribution >= 4 is 30.8 Å². The number of nitrogens with zero attached hydrogens (tertiary/aromatic N) is 2. The van der Waals surface area contributed by atoms with Gasteiger partial charge in [0.05, 0.1) is 11.4 Å². The summed E-state index contributed by atoms with van der Waals surface area (Å²) in [5, 5.41) is 20.2. The number of nitrogens with one attached hydrogen (secondary N) is 1. The van der Waals surface area contributed by atoms with Crippen molar-refractivity contribution in [3.05, 3.63) is 70.4 Å². The van der Waals surface area contributed by atoms with E-state index in [2.05, 4.69) is 60.7 Å². The largest absolute Gasteiger partial charge is 0.508 e. The molecule has 2 N–H and O–H groups in total. The Balaban J connectivity index is 1.39. The lowest BCUT2D eigenvalue weighted by molar-refractivity contribution is 0.0799. The van der Waals surface area contributed by atoms with E-state index in [4.69, 9.17) is 9.84 Å². The van der Waals surface area contributed by atoms with Crippen LogP contribution in [-0.4, -0.2) is 29.6 Å². The van der Waals surface area contributed by atoms with Crippen LogP contribution in [0.1, 0.15) is 10.4 Å². The first-order chi connectivity index (χ1) is 15.9. The molecule has 4 aromatic rings. The van der Waals surface area contributed by atoms with Crippen LogP contribution in [0.2, 0.25) is 25.7 Å². The van der Waals surface area contributed by atoms with Crippen LogP contribution in [0.3, 0.4) is 0 Å². The van der Waals surface area contributed by atoms with Gasteiger partial charge in [0.2, 0.25) is 0 Å². The Kier molecular flexibility index (Phi) is 5.86. The number of aromatic nitrogens is 2. The van der Waals surface area contributed by atoms with Gasteiger partial charge in [-0.15, -0.1) is 11.3 Å². The van der Waals surface area contributed by atoms with Crippen LogP contribution in [0.15, 0.2) is 60.0 Å². The summed E-state index contributed by atoms with van der Waals surface area (Å²) in [7, 11) is -1.12.